The molecule has 0 atom stereocenters. The average molecular weight is 76.5 g/mol. The van der Waals surface area contributed by atoms with Gasteiger partial charge in [-0.25, -0.2) is 0 Å². The molecule has 0 amide bonds. The fraction of sp³-hybridized carbons (Fsp3) is 0. The van der Waals surface area contributed by atoms with Crippen LogP contribution in [-0.2, 0) is 0 Å². The zero-order valence-electron chi connectivity index (χ0n) is 1.85. The van der Waals surface area contributed by atoms with E-state index in [1.807, 2.05) is 0 Å². The summed E-state index contributed by atoms with van der Waals surface area (Å²) in [6.07, 6.45) is 0. The molecule has 3 heteroatoms. The Bertz CT molecular complexity index is 44.0. The highest BCUT2D eigenvalue weighted by molar-refractivity contribution is 6.54. The zero-order chi connectivity index (χ0) is 3.41. The summed E-state index contributed by atoms with van der Waals surface area (Å²) in [5, 5.41) is 0. The number of nitrogens with zero attached hydrogens (tertiary/aromatic N) is 2. The fourth-order valence-corrected chi connectivity index (χ4v) is 0. The van der Waals surface area contributed by atoms with Gasteiger partial charge in [0.2, 0.25) is 0 Å². The summed E-state index contributed by atoms with van der Waals surface area (Å²) >= 11 is 4.64. The summed E-state index contributed by atoms with van der Waals surface area (Å²) in [5.74, 6) is 0. The first kappa shape index (κ1) is 3.67. The van der Waals surface area contributed by atoms with Gasteiger partial charge in [0.05, 0.1) is 0 Å². The van der Waals surface area contributed by atoms with E-state index in [0.717, 1.165) is 5.67 Å². The van der Waals surface area contributed by atoms with Crippen molar-refractivity contribution in [1.29, 1.82) is 0 Å². The number of hydrogen-bond donors (Lipinski definition) is 0. The molecule has 0 aromatic heterocycles. The van der Waals surface area contributed by atoms with Crippen LogP contribution in [0.3, 0.4) is 0 Å². The Morgan fingerprint density at radius 1 is 2.00 bits per heavy atom. The molecule has 0 bridgehead atoms. The fourth-order valence-electron chi connectivity index (χ4n) is 0. The van der Waals surface area contributed by atoms with Gasteiger partial charge in [-0.2, -0.15) is 4.79 Å². The summed E-state index contributed by atoms with van der Waals surface area (Å²) in [5.41, 5.74) is 8.09. The molecule has 4 heavy (non-hydrogen) atoms. The third-order valence-corrected chi connectivity index (χ3v) is 0.131. The molecule has 0 saturated carbocycles. The minimum atomic E-state index is 0.778. The molecule has 0 aliphatic heterocycles. The lowest BCUT2D eigenvalue weighted by Crippen LogP contribution is -1.40. The topological polar surface area (TPSA) is 36.4 Å². The predicted molar refractivity (Wildman–Crippen MR) is 15.5 cm³/mol. The number of rotatable bonds is 0. The van der Waals surface area contributed by atoms with E-state index in [1.54, 1.807) is 0 Å². The van der Waals surface area contributed by atoms with Gasteiger partial charge < -0.3 is 5.53 Å². The first-order valence-electron chi connectivity index (χ1n) is 0.676. The van der Waals surface area contributed by atoms with E-state index in [2.05, 4.69) is 16.4 Å². The van der Waals surface area contributed by atoms with E-state index < -0.39 is 0 Å². The lowest BCUT2D eigenvalue weighted by Gasteiger charge is -1.29. The monoisotopic (exact) mass is 76.0 g/mol. The highest BCUT2D eigenvalue weighted by Gasteiger charge is 1.43. The van der Waals surface area contributed by atoms with Crippen molar-refractivity contribution < 1.29 is 4.79 Å². The normalized spacial score (nSPS) is 4.25. The molecule has 0 N–H and O–H groups in total. The molecule has 2 nitrogen and oxygen atoms in total. The van der Waals surface area contributed by atoms with E-state index in [9.17, 15) is 0 Å². The van der Waals surface area contributed by atoms with E-state index in [4.69, 9.17) is 5.53 Å². The van der Waals surface area contributed by atoms with Crippen LogP contribution in [0.15, 0.2) is 0 Å². The van der Waals surface area contributed by atoms with Gasteiger partial charge in [-0.05, 0) is 11.6 Å². The molecule has 0 aromatic carbocycles. The van der Waals surface area contributed by atoms with Crippen molar-refractivity contribution in [3.63, 3.8) is 0 Å². The largest absolute Gasteiger partial charge is 0.360 e. The van der Waals surface area contributed by atoms with E-state index in [0.29, 0.717) is 0 Å². The maximum absolute atomic E-state index is 7.31. The molecule has 0 aliphatic carbocycles. The van der Waals surface area contributed by atoms with Gasteiger partial charge in [0.25, 0.3) is 0 Å². The highest BCUT2D eigenvalue weighted by atomic mass is 35.5. The van der Waals surface area contributed by atoms with Crippen molar-refractivity contribution in [2.24, 2.45) is 0 Å². The van der Waals surface area contributed by atoms with E-state index in [1.165, 1.54) is 0 Å². The summed E-state index contributed by atoms with van der Waals surface area (Å²) in [6.45, 7) is 0. The number of hydrogen-bond acceptors (Lipinski definition) is 0. The second-order valence-electron chi connectivity index (χ2n) is 0.213. The van der Waals surface area contributed by atoms with Gasteiger partial charge in [0.15, 0.2) is 0 Å². The van der Waals surface area contributed by atoms with Crippen LogP contribution in [0.2, 0.25) is 0 Å². The molecule has 0 spiro atoms. The molecule has 0 unspecified atom stereocenters. The molecule has 0 aromatic rings. The van der Waals surface area contributed by atoms with Crippen molar-refractivity contribution in [3.8, 4) is 0 Å². The Balaban J connectivity index is 3.11. The van der Waals surface area contributed by atoms with Crippen molar-refractivity contribution in [2.75, 3.05) is 0 Å². The van der Waals surface area contributed by atoms with Crippen LogP contribution < -0.4 is 0 Å². The van der Waals surface area contributed by atoms with Crippen LogP contribution in [0.4, 0.5) is 0 Å². The van der Waals surface area contributed by atoms with Crippen molar-refractivity contribution in [2.45, 2.75) is 0 Å². The SMILES string of the molecule is [N-]=[N+]=CCl. The van der Waals surface area contributed by atoms with Crippen LogP contribution >= 0.6 is 11.6 Å². The van der Waals surface area contributed by atoms with Crippen LogP contribution in [0, 0.1) is 0 Å². The second kappa shape index (κ2) is 2.67. The lowest BCUT2D eigenvalue weighted by atomic mass is 11.7. The highest BCUT2D eigenvalue weighted by Crippen LogP contribution is 1.44. The number of halogens is 1. The van der Waals surface area contributed by atoms with E-state index in [-0.39, 0.29) is 0 Å². The maximum Gasteiger partial charge on any atom is 0.348 e. The zero-order valence-corrected chi connectivity index (χ0v) is 2.61. The standard InChI is InChI=1S/CHClN2/c2-1-4-3/h1H. The Morgan fingerprint density at radius 3 is 2.25 bits per heavy atom. The first-order chi connectivity index (χ1) is 1.91. The Labute approximate surface area is 28.6 Å². The molecule has 0 radical (unpaired) electrons. The van der Waals surface area contributed by atoms with E-state index >= 15 is 0 Å². The van der Waals surface area contributed by atoms with Gasteiger partial charge in [0.1, 0.15) is 0 Å². The molecule has 0 saturated heterocycles. The third-order valence-electron chi connectivity index (χ3n) is 0.0436. The van der Waals surface area contributed by atoms with Crippen molar-refractivity contribution in [3.05, 3.63) is 5.53 Å². The molecule has 0 fully saturated rings. The van der Waals surface area contributed by atoms with Crippen LogP contribution in [0.1, 0.15) is 0 Å². The Kier molecular flexibility index (Phi) is 2.45. The van der Waals surface area contributed by atoms with Crippen molar-refractivity contribution >= 4 is 17.3 Å². The smallest absolute Gasteiger partial charge is 0.348 e. The minimum absolute atomic E-state index is 0.778. The lowest BCUT2D eigenvalue weighted by molar-refractivity contribution is 0.00774. The van der Waals surface area contributed by atoms with Gasteiger partial charge in [-0.1, -0.05) is 0 Å². The minimum Gasteiger partial charge on any atom is -0.360 e. The predicted octanol–water partition coefficient (Wildman–Crippen LogP) is 0.483. The summed E-state index contributed by atoms with van der Waals surface area (Å²) in [6, 6.07) is 0. The average Bonchev–Trinajstić information content (AvgIpc) is 1.37. The summed E-state index contributed by atoms with van der Waals surface area (Å²) in [4.78, 5) is 2.38. The van der Waals surface area contributed by atoms with Crippen LogP contribution in [0.25, 0.3) is 5.53 Å². The quantitative estimate of drug-likeness (QED) is 0.229. The Morgan fingerprint density at radius 2 is 2.25 bits per heavy atom. The molecular weight excluding hydrogens is 75.5 g/mol. The van der Waals surface area contributed by atoms with Crippen molar-refractivity contribution in [1.82, 2.24) is 0 Å². The summed E-state index contributed by atoms with van der Waals surface area (Å²) in [7, 11) is 0. The first-order valence-corrected chi connectivity index (χ1v) is 1.11. The maximum atomic E-state index is 7.31. The molecule has 0 rings (SSSR count). The molecular formula is CHClN2. The third kappa shape index (κ3) is 1.67. The molecule has 22 valence electrons. The van der Waals surface area contributed by atoms with Gasteiger partial charge in [0, 0.05) is 0 Å². The second-order valence-corrected chi connectivity index (χ2v) is 0.408. The van der Waals surface area contributed by atoms with Crippen LogP contribution in [0.5, 0.6) is 0 Å². The molecule has 0 heterocycles. The van der Waals surface area contributed by atoms with Crippen LogP contribution in [-0.4, -0.2) is 10.5 Å². The summed E-state index contributed by atoms with van der Waals surface area (Å²) < 4.78 is 0. The van der Waals surface area contributed by atoms with Gasteiger partial charge in [-0.3, -0.25) is 0 Å². The molecule has 0 aliphatic rings. The van der Waals surface area contributed by atoms with Gasteiger partial charge in [-0.15, -0.1) is 0 Å². The Hall–Kier alpha value is -0.330. The van der Waals surface area contributed by atoms with Gasteiger partial charge >= 0.3 is 5.67 Å².